The molecule has 8 heteroatoms. The van der Waals surface area contributed by atoms with Gasteiger partial charge in [0.1, 0.15) is 0 Å². The Balaban J connectivity index is 0.00000312. The van der Waals surface area contributed by atoms with E-state index >= 15 is 0 Å². The number of hydrogen-bond acceptors (Lipinski definition) is 4. The van der Waals surface area contributed by atoms with Gasteiger partial charge in [-0.1, -0.05) is 17.7 Å². The molecule has 1 aliphatic rings. The number of carbonyl (C=O) groups is 1. The lowest BCUT2D eigenvalue weighted by Gasteiger charge is -2.30. The number of nitrogens with zero attached hydrogens (tertiary/aromatic N) is 1. The number of aryl methyl sites for hydroxylation is 1. The molecule has 0 aliphatic carbocycles. The Kier molecular flexibility index (Phi) is 8.34. The molecule has 0 radical (unpaired) electrons. The van der Waals surface area contributed by atoms with E-state index in [2.05, 4.69) is 5.32 Å². The monoisotopic (exact) mass is 389 g/mol. The third-order valence-electron chi connectivity index (χ3n) is 4.38. The Bertz CT molecular complexity index is 654. The standard InChI is InChI=1S/C17H27N3O3S.ClH/c1-13-3-5-16(6-4-13)24(22,23)20-11-8-15(9-12-20)17(21)19-10-7-14(2)18;/h3-6,14-15H,7-12,18H2,1-2H3,(H,19,21);1H. The predicted molar refractivity (Wildman–Crippen MR) is 101 cm³/mol. The highest BCUT2D eigenvalue weighted by Gasteiger charge is 2.31. The Labute approximate surface area is 156 Å². The van der Waals surface area contributed by atoms with Gasteiger partial charge in [0, 0.05) is 31.6 Å². The molecule has 6 nitrogen and oxygen atoms in total. The first-order valence-corrected chi connectivity index (χ1v) is 9.85. The van der Waals surface area contributed by atoms with Crippen molar-refractivity contribution in [2.24, 2.45) is 11.7 Å². The lowest BCUT2D eigenvalue weighted by molar-refractivity contribution is -0.126. The van der Waals surface area contributed by atoms with Crippen LogP contribution in [0.25, 0.3) is 0 Å². The fraction of sp³-hybridized carbons (Fsp3) is 0.588. The normalized spacial score (nSPS) is 17.6. The number of halogens is 1. The molecule has 1 aromatic rings. The van der Waals surface area contributed by atoms with Gasteiger partial charge in [-0.25, -0.2) is 8.42 Å². The van der Waals surface area contributed by atoms with Gasteiger partial charge in [0.05, 0.1) is 4.90 Å². The maximum atomic E-state index is 12.6. The third-order valence-corrected chi connectivity index (χ3v) is 6.30. The molecule has 0 saturated carbocycles. The summed E-state index contributed by atoms with van der Waals surface area (Å²) in [5.74, 6) is -0.120. The summed E-state index contributed by atoms with van der Waals surface area (Å²) in [7, 11) is -3.47. The number of nitrogens with two attached hydrogens (primary N) is 1. The number of amides is 1. The molecule has 1 saturated heterocycles. The Morgan fingerprint density at radius 1 is 1.28 bits per heavy atom. The Morgan fingerprint density at radius 3 is 2.36 bits per heavy atom. The van der Waals surface area contributed by atoms with E-state index in [4.69, 9.17) is 5.73 Å². The van der Waals surface area contributed by atoms with Crippen molar-refractivity contribution in [2.75, 3.05) is 19.6 Å². The van der Waals surface area contributed by atoms with Crippen molar-refractivity contribution in [2.45, 2.75) is 44.0 Å². The van der Waals surface area contributed by atoms with Gasteiger partial charge in [0.2, 0.25) is 15.9 Å². The minimum absolute atomic E-state index is 0. The highest BCUT2D eigenvalue weighted by molar-refractivity contribution is 7.89. The van der Waals surface area contributed by atoms with Crippen LogP contribution in [0.5, 0.6) is 0 Å². The van der Waals surface area contributed by atoms with Crippen molar-refractivity contribution in [1.29, 1.82) is 0 Å². The van der Waals surface area contributed by atoms with Crippen molar-refractivity contribution in [1.82, 2.24) is 9.62 Å². The predicted octanol–water partition coefficient (Wildman–Crippen LogP) is 1.67. The van der Waals surface area contributed by atoms with Gasteiger partial charge in [-0.3, -0.25) is 4.79 Å². The summed E-state index contributed by atoms with van der Waals surface area (Å²) >= 11 is 0. The highest BCUT2D eigenvalue weighted by atomic mass is 35.5. The molecule has 0 spiro atoms. The third kappa shape index (κ3) is 5.95. The molecule has 142 valence electrons. The van der Waals surface area contributed by atoms with Gasteiger partial charge in [0.15, 0.2) is 0 Å². The van der Waals surface area contributed by atoms with E-state index in [-0.39, 0.29) is 30.3 Å². The molecule has 1 atom stereocenters. The number of rotatable bonds is 6. The van der Waals surface area contributed by atoms with Gasteiger partial charge in [-0.15, -0.1) is 12.4 Å². The van der Waals surface area contributed by atoms with Crippen LogP contribution in [0.4, 0.5) is 0 Å². The molecular formula is C17H28ClN3O3S. The zero-order chi connectivity index (χ0) is 17.7. The van der Waals surface area contributed by atoms with E-state index in [0.29, 0.717) is 37.4 Å². The van der Waals surface area contributed by atoms with E-state index in [1.807, 2.05) is 13.8 Å². The molecule has 1 aromatic carbocycles. The molecule has 1 aliphatic heterocycles. The molecule has 1 amide bonds. The molecule has 0 bridgehead atoms. The first kappa shape index (κ1) is 21.9. The second-order valence-corrected chi connectivity index (χ2v) is 8.49. The lowest BCUT2D eigenvalue weighted by Crippen LogP contribution is -2.43. The summed E-state index contributed by atoms with van der Waals surface area (Å²) in [5.41, 5.74) is 6.69. The summed E-state index contributed by atoms with van der Waals surface area (Å²) in [6.45, 7) is 5.15. The zero-order valence-electron chi connectivity index (χ0n) is 14.8. The van der Waals surface area contributed by atoms with Crippen LogP contribution >= 0.6 is 12.4 Å². The molecule has 25 heavy (non-hydrogen) atoms. The largest absolute Gasteiger partial charge is 0.356 e. The topological polar surface area (TPSA) is 92.5 Å². The van der Waals surface area contributed by atoms with Gasteiger partial charge in [0.25, 0.3) is 0 Å². The second-order valence-electron chi connectivity index (χ2n) is 6.55. The van der Waals surface area contributed by atoms with Gasteiger partial charge in [-0.05, 0) is 45.2 Å². The molecular weight excluding hydrogens is 362 g/mol. The molecule has 1 heterocycles. The summed E-state index contributed by atoms with van der Waals surface area (Å²) in [4.78, 5) is 12.4. The Hall–Kier alpha value is -1.15. The maximum Gasteiger partial charge on any atom is 0.243 e. The molecule has 0 aromatic heterocycles. The minimum Gasteiger partial charge on any atom is -0.356 e. The van der Waals surface area contributed by atoms with Crippen LogP contribution in [0.15, 0.2) is 29.2 Å². The summed E-state index contributed by atoms with van der Waals surface area (Å²) in [5, 5.41) is 2.89. The quantitative estimate of drug-likeness (QED) is 0.774. The van der Waals surface area contributed by atoms with Gasteiger partial charge < -0.3 is 11.1 Å². The summed E-state index contributed by atoms with van der Waals surface area (Å²) < 4.78 is 26.7. The number of piperidine rings is 1. The number of hydrogen-bond donors (Lipinski definition) is 2. The molecule has 2 rings (SSSR count). The first-order chi connectivity index (χ1) is 11.3. The Morgan fingerprint density at radius 2 is 1.84 bits per heavy atom. The summed E-state index contributed by atoms with van der Waals surface area (Å²) in [6.07, 6.45) is 1.84. The van der Waals surface area contributed by atoms with Crippen LogP contribution in [0, 0.1) is 12.8 Å². The first-order valence-electron chi connectivity index (χ1n) is 8.41. The van der Waals surface area contributed by atoms with E-state index in [1.54, 1.807) is 24.3 Å². The van der Waals surface area contributed by atoms with E-state index in [9.17, 15) is 13.2 Å². The number of benzene rings is 1. The lowest BCUT2D eigenvalue weighted by atomic mass is 9.97. The number of nitrogens with one attached hydrogen (secondary N) is 1. The van der Waals surface area contributed by atoms with Crippen LogP contribution in [0.3, 0.4) is 0 Å². The fourth-order valence-electron chi connectivity index (χ4n) is 2.79. The minimum atomic E-state index is -3.47. The number of sulfonamides is 1. The van der Waals surface area contributed by atoms with Crippen LogP contribution in [0.2, 0.25) is 0 Å². The van der Waals surface area contributed by atoms with Crippen LogP contribution in [0.1, 0.15) is 31.7 Å². The SMILES string of the molecule is Cc1ccc(S(=O)(=O)N2CCC(C(=O)NCCC(C)N)CC2)cc1.Cl. The second kappa shape index (κ2) is 9.52. The molecule has 3 N–H and O–H groups in total. The van der Waals surface area contributed by atoms with Crippen LogP contribution in [-0.4, -0.2) is 44.3 Å². The van der Waals surface area contributed by atoms with E-state index < -0.39 is 10.0 Å². The van der Waals surface area contributed by atoms with Crippen molar-refractivity contribution >= 4 is 28.3 Å². The zero-order valence-corrected chi connectivity index (χ0v) is 16.4. The maximum absolute atomic E-state index is 12.6. The average molecular weight is 390 g/mol. The van der Waals surface area contributed by atoms with Crippen LogP contribution in [-0.2, 0) is 14.8 Å². The van der Waals surface area contributed by atoms with E-state index in [0.717, 1.165) is 12.0 Å². The van der Waals surface area contributed by atoms with Crippen LogP contribution < -0.4 is 11.1 Å². The van der Waals surface area contributed by atoms with Crippen molar-refractivity contribution < 1.29 is 13.2 Å². The van der Waals surface area contributed by atoms with E-state index in [1.165, 1.54) is 4.31 Å². The number of carbonyl (C=O) groups excluding carboxylic acids is 1. The van der Waals surface area contributed by atoms with Crippen molar-refractivity contribution in [3.8, 4) is 0 Å². The highest BCUT2D eigenvalue weighted by Crippen LogP contribution is 2.24. The van der Waals surface area contributed by atoms with Crippen molar-refractivity contribution in [3.05, 3.63) is 29.8 Å². The van der Waals surface area contributed by atoms with Crippen molar-refractivity contribution in [3.63, 3.8) is 0 Å². The summed E-state index contributed by atoms with van der Waals surface area (Å²) in [6, 6.07) is 6.93. The molecule has 1 unspecified atom stereocenters. The average Bonchev–Trinajstić information content (AvgIpc) is 2.55. The smallest absolute Gasteiger partial charge is 0.243 e. The molecule has 1 fully saturated rings. The van der Waals surface area contributed by atoms with Gasteiger partial charge >= 0.3 is 0 Å². The van der Waals surface area contributed by atoms with Gasteiger partial charge in [-0.2, -0.15) is 4.31 Å². The fourth-order valence-corrected chi connectivity index (χ4v) is 4.25.